The van der Waals surface area contributed by atoms with Gasteiger partial charge in [-0.2, -0.15) is 0 Å². The van der Waals surface area contributed by atoms with Crippen LogP contribution in [0.1, 0.15) is 20.3 Å². The fourth-order valence-electron chi connectivity index (χ4n) is 0.226. The van der Waals surface area contributed by atoms with E-state index < -0.39 is 0 Å². The van der Waals surface area contributed by atoms with Crippen molar-refractivity contribution in [3.8, 4) is 0 Å². The molecule has 0 atom stereocenters. The quantitative estimate of drug-likeness (QED) is 0.419. The minimum absolute atomic E-state index is 0.260. The molecule has 0 rings (SSSR count). The lowest BCUT2D eigenvalue weighted by Crippen LogP contribution is -1.90. The van der Waals surface area contributed by atoms with Gasteiger partial charge in [0.05, 0.1) is 0 Å². The van der Waals surface area contributed by atoms with Crippen molar-refractivity contribution in [2.45, 2.75) is 20.3 Å². The lowest BCUT2D eigenvalue weighted by atomic mass is 10.4. The zero-order valence-corrected chi connectivity index (χ0v) is 7.03. The van der Waals surface area contributed by atoms with Crippen LogP contribution in [0.4, 0.5) is 0 Å². The van der Waals surface area contributed by atoms with Crippen LogP contribution in [0.15, 0.2) is 0 Å². The summed E-state index contributed by atoms with van der Waals surface area (Å²) in [7, 11) is 0. The molecule has 0 aliphatic carbocycles. The Morgan fingerprint density at radius 1 is 1.71 bits per heavy atom. The number of halogens is 1. The molecule has 0 saturated heterocycles. The van der Waals surface area contributed by atoms with E-state index in [-0.39, 0.29) is 20.7 Å². The Bertz CT molecular complexity index is 68.5. The minimum atomic E-state index is 0.260. The number of hydrogen-bond acceptors (Lipinski definition) is 1. The van der Waals surface area contributed by atoms with Gasteiger partial charge in [0.2, 0.25) is 0 Å². The number of hydrogen-bond donors (Lipinski definition) is 1. The van der Waals surface area contributed by atoms with Gasteiger partial charge in [-0.15, -0.1) is 20.7 Å². The van der Waals surface area contributed by atoms with Crippen molar-refractivity contribution in [1.82, 2.24) is 0 Å². The molecule has 0 amide bonds. The molecule has 0 radical (unpaired) electrons. The zero-order chi connectivity index (χ0) is 5.70. The molecule has 2 N–H and O–H groups in total. The van der Waals surface area contributed by atoms with E-state index in [1.807, 2.05) is 0 Å². The first kappa shape index (κ1) is 7.56. The van der Waals surface area contributed by atoms with Gasteiger partial charge < -0.3 is 5.73 Å². The third kappa shape index (κ3) is 4.41. The van der Waals surface area contributed by atoms with Crippen molar-refractivity contribution in [3.63, 3.8) is 0 Å². The monoisotopic (exact) mass is 213 g/mol. The highest BCUT2D eigenvalue weighted by molar-refractivity contribution is 14.2. The van der Waals surface area contributed by atoms with Crippen LogP contribution in [0.3, 0.4) is 0 Å². The Kier molecular flexibility index (Phi) is 5.09. The molecule has 7 heavy (non-hydrogen) atoms. The van der Waals surface area contributed by atoms with Gasteiger partial charge in [0.1, 0.15) is 0 Å². The molecule has 0 saturated carbocycles. The van der Waals surface area contributed by atoms with Crippen molar-refractivity contribution >= 4 is 24.2 Å². The van der Waals surface area contributed by atoms with Crippen LogP contribution < -0.4 is 5.73 Å². The first-order valence-electron chi connectivity index (χ1n) is 2.43. The molecule has 0 fully saturated rings. The van der Waals surface area contributed by atoms with Gasteiger partial charge in [0, 0.05) is 4.55 Å². The Morgan fingerprint density at radius 2 is 2.29 bits per heavy atom. The predicted molar refractivity (Wildman–Crippen MR) is 44.0 cm³/mol. The van der Waals surface area contributed by atoms with E-state index in [1.54, 1.807) is 3.51 Å². The van der Waals surface area contributed by atoms with E-state index >= 15 is 0 Å². The van der Waals surface area contributed by atoms with Crippen molar-refractivity contribution in [2.75, 3.05) is 4.55 Å². The first-order chi connectivity index (χ1) is 3.31. The summed E-state index contributed by atoms with van der Waals surface area (Å²) in [6.07, 6.45) is 1.23. The topological polar surface area (TPSA) is 26.0 Å². The van der Waals surface area contributed by atoms with Crippen molar-refractivity contribution in [1.29, 1.82) is 0 Å². The molecule has 44 valence electrons. The smallest absolute Gasteiger partial charge is 0.0405 e. The SMILES string of the molecule is CCC(C)=ICN. The maximum Gasteiger partial charge on any atom is 0.0405 e. The Morgan fingerprint density at radius 3 is 2.43 bits per heavy atom. The first-order valence-corrected chi connectivity index (χ1v) is 5.03. The van der Waals surface area contributed by atoms with E-state index in [9.17, 15) is 0 Å². The number of rotatable bonds is 2. The van der Waals surface area contributed by atoms with Gasteiger partial charge in [-0.3, -0.25) is 0 Å². The predicted octanol–water partition coefficient (Wildman–Crippen LogP) is 1.48. The third-order valence-electron chi connectivity index (χ3n) is 0.792. The average Bonchev–Trinajstić information content (AvgIpc) is 1.68. The summed E-state index contributed by atoms with van der Waals surface area (Å²) in [6.45, 7) is 4.38. The normalized spacial score (nSPS) is 13.3. The van der Waals surface area contributed by atoms with E-state index in [2.05, 4.69) is 13.8 Å². The van der Waals surface area contributed by atoms with Crippen LogP contribution in [0, 0.1) is 0 Å². The second kappa shape index (κ2) is 4.71. The van der Waals surface area contributed by atoms with Gasteiger partial charge >= 0.3 is 0 Å². The van der Waals surface area contributed by atoms with E-state index in [4.69, 9.17) is 5.73 Å². The van der Waals surface area contributed by atoms with Gasteiger partial charge in [0.25, 0.3) is 0 Å². The molecular weight excluding hydrogens is 201 g/mol. The molecular formula is C5H12IN. The molecule has 0 aromatic rings. The molecule has 1 nitrogen and oxygen atoms in total. The van der Waals surface area contributed by atoms with Gasteiger partial charge in [-0.1, -0.05) is 6.92 Å². The Balaban J connectivity index is 3.29. The van der Waals surface area contributed by atoms with Gasteiger partial charge in [-0.05, 0) is 16.9 Å². The minimum Gasteiger partial charge on any atom is -0.322 e. The van der Waals surface area contributed by atoms with Gasteiger partial charge in [0.15, 0.2) is 0 Å². The fourth-order valence-corrected chi connectivity index (χ4v) is 1.52. The fraction of sp³-hybridized carbons (Fsp3) is 0.800. The Hall–Kier alpha value is 0.560. The molecule has 0 aliphatic rings. The van der Waals surface area contributed by atoms with Crippen LogP contribution in [0.5, 0.6) is 0 Å². The summed E-state index contributed by atoms with van der Waals surface area (Å²) in [5.41, 5.74) is 5.33. The average molecular weight is 213 g/mol. The van der Waals surface area contributed by atoms with Crippen LogP contribution in [0.25, 0.3) is 0 Å². The molecule has 0 unspecified atom stereocenters. The summed E-state index contributed by atoms with van der Waals surface area (Å²) in [5.74, 6) is 0. The van der Waals surface area contributed by atoms with Crippen LogP contribution in [0.2, 0.25) is 0 Å². The van der Waals surface area contributed by atoms with E-state index in [1.165, 1.54) is 6.42 Å². The molecule has 0 heterocycles. The van der Waals surface area contributed by atoms with Crippen LogP contribution in [-0.2, 0) is 0 Å². The molecule has 0 spiro atoms. The summed E-state index contributed by atoms with van der Waals surface area (Å²) >= 11 is 0.260. The van der Waals surface area contributed by atoms with Gasteiger partial charge in [-0.25, -0.2) is 0 Å². The highest BCUT2D eigenvalue weighted by Gasteiger charge is 1.77. The summed E-state index contributed by atoms with van der Waals surface area (Å²) in [5, 5.41) is 0. The molecule has 2 heteroatoms. The second-order valence-corrected chi connectivity index (χ2v) is 4.80. The van der Waals surface area contributed by atoms with Crippen molar-refractivity contribution in [2.24, 2.45) is 5.73 Å². The maximum absolute atomic E-state index is 5.33. The second-order valence-electron chi connectivity index (χ2n) is 1.32. The van der Waals surface area contributed by atoms with E-state index in [0.29, 0.717) is 0 Å². The number of nitrogens with two attached hydrogens (primary N) is 1. The molecule has 0 aliphatic heterocycles. The summed E-state index contributed by atoms with van der Waals surface area (Å²) in [6, 6.07) is 0. The maximum atomic E-state index is 5.33. The molecule has 0 aromatic carbocycles. The van der Waals surface area contributed by atoms with Crippen LogP contribution >= 0.6 is 20.7 Å². The van der Waals surface area contributed by atoms with E-state index in [0.717, 1.165) is 4.55 Å². The Labute approximate surface area is 55.0 Å². The molecule has 0 aromatic heterocycles. The number of alkyl halides is 1. The van der Waals surface area contributed by atoms with Crippen LogP contribution in [-0.4, -0.2) is 8.06 Å². The third-order valence-corrected chi connectivity index (χ3v) is 3.30. The molecule has 0 bridgehead atoms. The summed E-state index contributed by atoms with van der Waals surface area (Å²) < 4.78 is 2.53. The highest BCUT2D eigenvalue weighted by Crippen LogP contribution is 1.97. The highest BCUT2D eigenvalue weighted by atomic mass is 127. The largest absolute Gasteiger partial charge is 0.322 e. The van der Waals surface area contributed by atoms with Crippen molar-refractivity contribution in [3.05, 3.63) is 0 Å². The summed E-state index contributed by atoms with van der Waals surface area (Å²) in [4.78, 5) is 0. The lowest BCUT2D eigenvalue weighted by molar-refractivity contribution is 1.31. The van der Waals surface area contributed by atoms with Crippen molar-refractivity contribution < 1.29 is 0 Å². The lowest BCUT2D eigenvalue weighted by Gasteiger charge is -1.87. The standard InChI is InChI=1S/C5H12IN/c1-3-5(2)6-4-7/h3-4,7H2,1-2H3. The zero-order valence-electron chi connectivity index (χ0n) is 4.87.